The van der Waals surface area contributed by atoms with Crippen LogP contribution < -0.4 is 10.1 Å². The Bertz CT molecular complexity index is 1150. The lowest BCUT2D eigenvalue weighted by Crippen LogP contribution is -2.41. The average Bonchev–Trinajstić information content (AvgIpc) is 2.83. The number of nitrogens with zero attached hydrogens (tertiary/aromatic N) is 1. The van der Waals surface area contributed by atoms with E-state index in [1.54, 1.807) is 13.0 Å². The zero-order valence-corrected chi connectivity index (χ0v) is 20.5. The van der Waals surface area contributed by atoms with Gasteiger partial charge in [-0.25, -0.2) is 9.78 Å². The van der Waals surface area contributed by atoms with Crippen LogP contribution in [0, 0.1) is 0 Å². The molecule has 3 rings (SSSR count). The van der Waals surface area contributed by atoms with Crippen LogP contribution in [0.2, 0.25) is 5.02 Å². The number of thioether (sulfide) groups is 1. The van der Waals surface area contributed by atoms with Crippen LogP contribution in [0.3, 0.4) is 0 Å². The monoisotopic (exact) mass is 500 g/mol. The van der Waals surface area contributed by atoms with Crippen molar-refractivity contribution in [3.8, 4) is 11.5 Å². The number of carbonyl (C=O) groups is 2. The maximum absolute atomic E-state index is 12.8. The van der Waals surface area contributed by atoms with Crippen LogP contribution in [0.15, 0.2) is 71.8 Å². The minimum atomic E-state index is -0.977. The first-order valence-electron chi connectivity index (χ1n) is 10.5. The second-order valence-electron chi connectivity index (χ2n) is 7.45. The number of carbonyl (C=O) groups excluding carboxylic acids is 2. The Morgan fingerprint density at radius 2 is 1.82 bits per heavy atom. The van der Waals surface area contributed by atoms with Crippen LogP contribution in [0.4, 0.5) is 0 Å². The van der Waals surface area contributed by atoms with E-state index < -0.39 is 29.8 Å². The Morgan fingerprint density at radius 1 is 1.09 bits per heavy atom. The van der Waals surface area contributed by atoms with Crippen LogP contribution in [-0.4, -0.2) is 41.2 Å². The van der Waals surface area contributed by atoms with E-state index in [9.17, 15) is 14.7 Å². The smallest absolute Gasteiger partial charge is 0.328 e. The fourth-order valence-electron chi connectivity index (χ4n) is 3.20. The van der Waals surface area contributed by atoms with Crippen molar-refractivity contribution in [3.05, 3.63) is 83.1 Å². The van der Waals surface area contributed by atoms with Crippen molar-refractivity contribution in [2.75, 3.05) is 7.11 Å². The SMILES string of the molecule is COc1ccnc(C(=O)N[C@@H](C)C(=O)O[C@@H](C)[C@H](Sc2cccc(Cl)c2)c2ccccc2)c1O. The zero-order chi connectivity index (χ0) is 24.7. The molecule has 0 fully saturated rings. The van der Waals surface area contributed by atoms with Gasteiger partial charge in [0, 0.05) is 22.2 Å². The number of aromatic nitrogens is 1. The second kappa shape index (κ2) is 11.8. The Balaban J connectivity index is 1.71. The highest BCUT2D eigenvalue weighted by molar-refractivity contribution is 7.99. The van der Waals surface area contributed by atoms with E-state index in [1.165, 1.54) is 38.1 Å². The number of aromatic hydroxyl groups is 1. The molecule has 1 heterocycles. The van der Waals surface area contributed by atoms with E-state index in [2.05, 4.69) is 10.3 Å². The van der Waals surface area contributed by atoms with Gasteiger partial charge in [0.25, 0.3) is 5.91 Å². The summed E-state index contributed by atoms with van der Waals surface area (Å²) in [7, 11) is 1.36. The Kier molecular flexibility index (Phi) is 8.79. The maximum atomic E-state index is 12.8. The Labute approximate surface area is 207 Å². The molecule has 0 radical (unpaired) electrons. The summed E-state index contributed by atoms with van der Waals surface area (Å²) in [6.07, 6.45) is 0.803. The molecule has 0 aliphatic carbocycles. The second-order valence-corrected chi connectivity index (χ2v) is 9.11. The number of ether oxygens (including phenoxy) is 2. The average molecular weight is 501 g/mol. The van der Waals surface area contributed by atoms with Gasteiger partial charge in [-0.15, -0.1) is 11.8 Å². The number of benzene rings is 2. The van der Waals surface area contributed by atoms with Crippen molar-refractivity contribution in [1.29, 1.82) is 0 Å². The number of hydrogen-bond acceptors (Lipinski definition) is 7. The maximum Gasteiger partial charge on any atom is 0.328 e. The van der Waals surface area contributed by atoms with E-state index in [4.69, 9.17) is 21.1 Å². The first-order valence-corrected chi connectivity index (χ1v) is 11.8. The van der Waals surface area contributed by atoms with E-state index in [1.807, 2.05) is 48.5 Å². The summed E-state index contributed by atoms with van der Waals surface area (Å²) in [5, 5.41) is 13.1. The fourth-order valence-corrected chi connectivity index (χ4v) is 4.64. The topological polar surface area (TPSA) is 97.8 Å². The molecule has 34 heavy (non-hydrogen) atoms. The van der Waals surface area contributed by atoms with Crippen molar-refractivity contribution in [2.24, 2.45) is 0 Å². The molecule has 0 bridgehead atoms. The van der Waals surface area contributed by atoms with E-state index >= 15 is 0 Å². The molecule has 0 aliphatic rings. The van der Waals surface area contributed by atoms with Crippen LogP contribution in [0.1, 0.15) is 35.1 Å². The first kappa shape index (κ1) is 25.4. The van der Waals surface area contributed by atoms with Gasteiger partial charge < -0.3 is 19.9 Å². The van der Waals surface area contributed by atoms with Gasteiger partial charge in [0.15, 0.2) is 17.2 Å². The predicted octanol–water partition coefficient (Wildman–Crippen LogP) is 5.03. The van der Waals surface area contributed by atoms with E-state index in [0.29, 0.717) is 5.02 Å². The number of methoxy groups -OCH3 is 1. The third-order valence-electron chi connectivity index (χ3n) is 4.94. The van der Waals surface area contributed by atoms with Crippen LogP contribution in [0.5, 0.6) is 11.5 Å². The molecule has 0 spiro atoms. The van der Waals surface area contributed by atoms with Gasteiger partial charge in [-0.1, -0.05) is 48.0 Å². The third-order valence-corrected chi connectivity index (χ3v) is 6.61. The van der Waals surface area contributed by atoms with E-state index in [0.717, 1.165) is 10.5 Å². The number of nitrogens with one attached hydrogen (secondary N) is 1. The Morgan fingerprint density at radius 3 is 2.50 bits per heavy atom. The van der Waals surface area contributed by atoms with Crippen molar-refractivity contribution in [2.45, 2.75) is 36.1 Å². The van der Waals surface area contributed by atoms with Crippen LogP contribution >= 0.6 is 23.4 Å². The van der Waals surface area contributed by atoms with Gasteiger partial charge in [-0.3, -0.25) is 4.79 Å². The van der Waals surface area contributed by atoms with Gasteiger partial charge in [0.1, 0.15) is 12.1 Å². The molecule has 2 N–H and O–H groups in total. The van der Waals surface area contributed by atoms with Crippen LogP contribution in [0.25, 0.3) is 0 Å². The molecule has 3 aromatic rings. The predicted molar refractivity (Wildman–Crippen MR) is 131 cm³/mol. The normalized spacial score (nSPS) is 13.4. The number of hydrogen-bond donors (Lipinski definition) is 2. The molecule has 3 atom stereocenters. The molecule has 1 amide bonds. The molecule has 0 unspecified atom stereocenters. The van der Waals surface area contributed by atoms with Crippen molar-refractivity contribution in [1.82, 2.24) is 10.3 Å². The number of pyridine rings is 1. The highest BCUT2D eigenvalue weighted by Crippen LogP contribution is 2.39. The lowest BCUT2D eigenvalue weighted by atomic mass is 10.1. The number of rotatable bonds is 9. The summed E-state index contributed by atoms with van der Waals surface area (Å²) in [5.41, 5.74) is 0.737. The summed E-state index contributed by atoms with van der Waals surface area (Å²) in [5.74, 6) is -1.64. The lowest BCUT2D eigenvalue weighted by molar-refractivity contribution is -0.150. The summed E-state index contributed by atoms with van der Waals surface area (Å²) in [6, 6.07) is 17.6. The van der Waals surface area contributed by atoms with E-state index in [-0.39, 0.29) is 16.7 Å². The van der Waals surface area contributed by atoms with Gasteiger partial charge in [0.05, 0.1) is 12.4 Å². The molecule has 0 aliphatic heterocycles. The molecule has 9 heteroatoms. The largest absolute Gasteiger partial charge is 0.503 e. The zero-order valence-electron chi connectivity index (χ0n) is 18.9. The summed E-state index contributed by atoms with van der Waals surface area (Å²) < 4.78 is 10.7. The standard InChI is InChI=1S/C25H25ClN2O5S/c1-15(28-24(30)21-22(29)20(32-3)12-13-27-21)25(31)33-16(2)23(17-8-5-4-6-9-17)34-19-11-7-10-18(26)14-19/h4-16,23,29H,1-3H3,(H,28,30)/t15-,16-,23-/m0/s1. The number of esters is 1. The number of halogens is 1. The summed E-state index contributed by atoms with van der Waals surface area (Å²) >= 11 is 7.67. The summed E-state index contributed by atoms with van der Waals surface area (Å²) in [4.78, 5) is 30.2. The van der Waals surface area contributed by atoms with Crippen LogP contribution in [-0.2, 0) is 9.53 Å². The molecular weight excluding hydrogens is 476 g/mol. The molecular formula is C25H25ClN2O5S. The lowest BCUT2D eigenvalue weighted by Gasteiger charge is -2.25. The summed E-state index contributed by atoms with van der Waals surface area (Å²) in [6.45, 7) is 3.31. The van der Waals surface area contributed by atoms with Gasteiger partial charge in [-0.05, 0) is 37.6 Å². The van der Waals surface area contributed by atoms with Crippen molar-refractivity contribution < 1.29 is 24.2 Å². The van der Waals surface area contributed by atoms with Gasteiger partial charge in [0.2, 0.25) is 0 Å². The molecule has 0 saturated carbocycles. The minimum absolute atomic E-state index is 0.104. The third kappa shape index (κ3) is 6.42. The van der Waals surface area contributed by atoms with Gasteiger partial charge >= 0.3 is 5.97 Å². The van der Waals surface area contributed by atoms with Gasteiger partial charge in [-0.2, -0.15) is 0 Å². The Hall–Kier alpha value is -3.23. The molecule has 2 aromatic carbocycles. The number of amides is 1. The molecule has 178 valence electrons. The quantitative estimate of drug-likeness (QED) is 0.314. The van der Waals surface area contributed by atoms with Crippen molar-refractivity contribution in [3.63, 3.8) is 0 Å². The highest BCUT2D eigenvalue weighted by atomic mass is 35.5. The molecule has 7 nitrogen and oxygen atoms in total. The first-order chi connectivity index (χ1) is 16.3. The highest BCUT2D eigenvalue weighted by Gasteiger charge is 2.28. The molecule has 0 saturated heterocycles. The van der Waals surface area contributed by atoms with Crippen molar-refractivity contribution >= 4 is 35.2 Å². The fraction of sp³-hybridized carbons (Fsp3) is 0.240. The minimum Gasteiger partial charge on any atom is -0.503 e. The molecule has 1 aromatic heterocycles.